The summed E-state index contributed by atoms with van der Waals surface area (Å²) >= 11 is 0. The molecule has 0 saturated heterocycles. The molecule has 0 amide bonds. The maximum Gasteiger partial charge on any atom is 0.277 e. The van der Waals surface area contributed by atoms with Gasteiger partial charge in [0.05, 0.1) is 18.7 Å². The zero-order chi connectivity index (χ0) is 21.7. The van der Waals surface area contributed by atoms with E-state index in [-0.39, 0.29) is 17.3 Å². The van der Waals surface area contributed by atoms with Crippen molar-refractivity contribution in [1.29, 1.82) is 0 Å². The van der Waals surface area contributed by atoms with Crippen LogP contribution in [0.2, 0.25) is 0 Å². The number of hydrogen-bond donors (Lipinski definition) is 1. The van der Waals surface area contributed by atoms with Crippen molar-refractivity contribution in [2.24, 2.45) is 0 Å². The lowest BCUT2D eigenvalue weighted by atomic mass is 9.96. The van der Waals surface area contributed by atoms with Gasteiger partial charge in [0, 0.05) is 6.42 Å². The molecule has 1 aromatic carbocycles. The zero-order valence-corrected chi connectivity index (χ0v) is 18.2. The Balaban J connectivity index is 1.96. The predicted molar refractivity (Wildman–Crippen MR) is 116 cm³/mol. The topological polar surface area (TPSA) is 89.3 Å². The number of Topliss-reactive ketones (excluding diaryl/α,β-unsaturated/α-hetero) is 1. The third-order valence-electron chi connectivity index (χ3n) is 5.43. The summed E-state index contributed by atoms with van der Waals surface area (Å²) in [6, 6.07) is 7.63. The van der Waals surface area contributed by atoms with Gasteiger partial charge >= 0.3 is 0 Å². The molecule has 0 spiro atoms. The second-order valence-corrected chi connectivity index (χ2v) is 7.75. The number of ether oxygens (including phenoxy) is 1. The molecule has 0 aliphatic heterocycles. The summed E-state index contributed by atoms with van der Waals surface area (Å²) < 4.78 is 6.78. The van der Waals surface area contributed by atoms with Gasteiger partial charge in [-0.25, -0.2) is 9.50 Å². The lowest BCUT2D eigenvalue weighted by Gasteiger charge is -2.13. The molecule has 7 heteroatoms. The minimum atomic E-state index is -0.355. The summed E-state index contributed by atoms with van der Waals surface area (Å²) in [5.74, 6) is 1.57. The van der Waals surface area contributed by atoms with E-state index in [9.17, 15) is 9.59 Å². The fourth-order valence-electron chi connectivity index (χ4n) is 3.77. The lowest BCUT2D eigenvalue weighted by molar-refractivity contribution is -0.118. The monoisotopic (exact) mass is 410 g/mol. The molecule has 0 saturated carbocycles. The molecule has 0 aliphatic carbocycles. The number of fused-ring (bicyclic) bond motifs is 1. The van der Waals surface area contributed by atoms with Gasteiger partial charge in [-0.1, -0.05) is 44.7 Å². The number of aromatic nitrogens is 4. The molecule has 30 heavy (non-hydrogen) atoms. The maximum atomic E-state index is 12.8. The molecule has 1 atom stereocenters. The Labute approximate surface area is 176 Å². The average molecular weight is 411 g/mol. The van der Waals surface area contributed by atoms with Crippen molar-refractivity contribution in [2.45, 2.75) is 65.2 Å². The number of carbonyl (C=O) groups excluding carboxylic acids is 1. The average Bonchev–Trinajstić information content (AvgIpc) is 3.04. The normalized spacial score (nSPS) is 12.3. The second-order valence-electron chi connectivity index (χ2n) is 7.75. The molecule has 0 aliphatic rings. The van der Waals surface area contributed by atoms with Gasteiger partial charge in [-0.05, 0) is 38.0 Å². The summed E-state index contributed by atoms with van der Waals surface area (Å²) in [5.41, 5.74) is 1.76. The Hall–Kier alpha value is -2.96. The van der Waals surface area contributed by atoms with Crippen LogP contribution in [0.15, 0.2) is 29.1 Å². The van der Waals surface area contributed by atoms with Crippen molar-refractivity contribution >= 4 is 11.3 Å². The standard InChI is InChI=1S/C23H30N4O3/c1-5-6-7-8-9-19(16(3)28)22-24-15(2)21-23(29)25-20(26-27(21)22)14-17-10-12-18(30-4)13-11-17/h10-13,19H,5-9,14H2,1-4H3,(H,25,26,29)/t19-/m0/s1. The van der Waals surface area contributed by atoms with Crippen LogP contribution in [0, 0.1) is 6.92 Å². The number of hydrogen-bond acceptors (Lipinski definition) is 5. The maximum absolute atomic E-state index is 12.8. The highest BCUT2D eigenvalue weighted by Crippen LogP contribution is 2.24. The summed E-state index contributed by atoms with van der Waals surface area (Å²) in [5, 5.41) is 4.66. The fourth-order valence-corrected chi connectivity index (χ4v) is 3.77. The number of ketones is 1. The number of H-pyrrole nitrogens is 1. The number of carbonyl (C=O) groups is 1. The van der Waals surface area contributed by atoms with Crippen LogP contribution in [-0.2, 0) is 11.2 Å². The van der Waals surface area contributed by atoms with Crippen LogP contribution in [-0.4, -0.2) is 32.5 Å². The molecule has 7 nitrogen and oxygen atoms in total. The molecule has 160 valence electrons. The molecule has 3 rings (SSSR count). The van der Waals surface area contributed by atoms with E-state index in [1.54, 1.807) is 25.5 Å². The number of unbranched alkanes of at least 4 members (excludes halogenated alkanes) is 3. The van der Waals surface area contributed by atoms with E-state index in [1.165, 1.54) is 0 Å². The van der Waals surface area contributed by atoms with E-state index in [4.69, 9.17) is 4.74 Å². The first-order chi connectivity index (χ1) is 14.4. The highest BCUT2D eigenvalue weighted by atomic mass is 16.5. The lowest BCUT2D eigenvalue weighted by Crippen LogP contribution is -2.20. The fraction of sp³-hybridized carbons (Fsp3) is 0.478. The molecule has 2 aromatic heterocycles. The molecule has 0 fully saturated rings. The van der Waals surface area contributed by atoms with Crippen molar-refractivity contribution < 1.29 is 9.53 Å². The molecular formula is C23H30N4O3. The van der Waals surface area contributed by atoms with Crippen LogP contribution >= 0.6 is 0 Å². The SMILES string of the molecule is CCCCCC[C@@H](C(C)=O)c1nc(C)c2c(=O)[nH]c(Cc3ccc(OC)cc3)nn12. The van der Waals surface area contributed by atoms with Gasteiger partial charge in [0.1, 0.15) is 23.2 Å². The van der Waals surface area contributed by atoms with Crippen molar-refractivity contribution in [2.75, 3.05) is 7.11 Å². The first-order valence-corrected chi connectivity index (χ1v) is 10.6. The van der Waals surface area contributed by atoms with Gasteiger partial charge in [0.25, 0.3) is 5.56 Å². The minimum Gasteiger partial charge on any atom is -0.497 e. The van der Waals surface area contributed by atoms with Gasteiger partial charge in [-0.3, -0.25) is 9.59 Å². The number of benzene rings is 1. The van der Waals surface area contributed by atoms with Gasteiger partial charge in [0.2, 0.25) is 0 Å². The number of rotatable bonds is 10. The van der Waals surface area contributed by atoms with Crippen molar-refractivity contribution in [3.8, 4) is 5.75 Å². The van der Waals surface area contributed by atoms with Crippen LogP contribution < -0.4 is 10.3 Å². The molecule has 0 radical (unpaired) electrons. The Bertz CT molecular complexity index is 1070. The van der Waals surface area contributed by atoms with Crippen LogP contribution in [0.4, 0.5) is 0 Å². The largest absolute Gasteiger partial charge is 0.497 e. The molecular weight excluding hydrogens is 380 g/mol. The Morgan fingerprint density at radius 3 is 2.57 bits per heavy atom. The van der Waals surface area contributed by atoms with Gasteiger partial charge in [-0.2, -0.15) is 5.10 Å². The van der Waals surface area contributed by atoms with Gasteiger partial charge in [-0.15, -0.1) is 0 Å². The van der Waals surface area contributed by atoms with E-state index in [0.29, 0.717) is 29.3 Å². The highest BCUT2D eigenvalue weighted by Gasteiger charge is 2.25. The summed E-state index contributed by atoms with van der Waals surface area (Å²) in [6.07, 6.45) is 5.51. The molecule has 1 N–H and O–H groups in total. The van der Waals surface area contributed by atoms with E-state index in [0.717, 1.165) is 43.4 Å². The number of aryl methyl sites for hydroxylation is 1. The van der Waals surface area contributed by atoms with Crippen LogP contribution in [0.5, 0.6) is 5.75 Å². The van der Waals surface area contributed by atoms with E-state index >= 15 is 0 Å². The second kappa shape index (κ2) is 9.69. The van der Waals surface area contributed by atoms with Crippen LogP contribution in [0.1, 0.15) is 74.8 Å². The number of nitrogens with one attached hydrogen (secondary N) is 1. The van der Waals surface area contributed by atoms with E-state index in [1.807, 2.05) is 24.3 Å². The van der Waals surface area contributed by atoms with Crippen molar-refractivity contribution in [3.63, 3.8) is 0 Å². The summed E-state index contributed by atoms with van der Waals surface area (Å²) in [7, 11) is 1.62. The Kier molecular flexibility index (Phi) is 7.03. The number of aromatic amines is 1. The van der Waals surface area contributed by atoms with Crippen molar-refractivity contribution in [3.05, 3.63) is 57.5 Å². The zero-order valence-electron chi connectivity index (χ0n) is 18.2. The summed E-state index contributed by atoms with van der Waals surface area (Å²) in [6.45, 7) is 5.54. The molecule has 3 aromatic rings. The predicted octanol–water partition coefficient (Wildman–Crippen LogP) is 3.97. The van der Waals surface area contributed by atoms with Gasteiger partial charge in [0.15, 0.2) is 5.52 Å². The highest BCUT2D eigenvalue weighted by molar-refractivity contribution is 5.82. The Morgan fingerprint density at radius 1 is 1.20 bits per heavy atom. The van der Waals surface area contributed by atoms with Crippen molar-refractivity contribution in [1.82, 2.24) is 19.6 Å². The molecule has 0 bridgehead atoms. The minimum absolute atomic E-state index is 0.0529. The van der Waals surface area contributed by atoms with Gasteiger partial charge < -0.3 is 9.72 Å². The number of nitrogens with zero attached hydrogens (tertiary/aromatic N) is 3. The summed E-state index contributed by atoms with van der Waals surface area (Å²) in [4.78, 5) is 32.6. The third-order valence-corrected chi connectivity index (χ3v) is 5.43. The number of methoxy groups -OCH3 is 1. The quantitative estimate of drug-likeness (QED) is 0.511. The number of imidazole rings is 1. The van der Waals surface area contributed by atoms with E-state index < -0.39 is 0 Å². The molecule has 0 unspecified atom stereocenters. The first-order valence-electron chi connectivity index (χ1n) is 10.6. The third kappa shape index (κ3) is 4.78. The van der Waals surface area contributed by atoms with Crippen LogP contribution in [0.3, 0.4) is 0 Å². The smallest absolute Gasteiger partial charge is 0.277 e. The Morgan fingerprint density at radius 2 is 1.93 bits per heavy atom. The molecule has 2 heterocycles. The first kappa shape index (κ1) is 21.7. The van der Waals surface area contributed by atoms with Crippen LogP contribution in [0.25, 0.3) is 5.52 Å². The van der Waals surface area contributed by atoms with E-state index in [2.05, 4.69) is 22.0 Å².